The van der Waals surface area contributed by atoms with Crippen molar-refractivity contribution in [2.75, 3.05) is 11.8 Å². The summed E-state index contributed by atoms with van der Waals surface area (Å²) in [4.78, 5) is 11.4. The van der Waals surface area contributed by atoms with E-state index >= 15 is 0 Å². The topological polar surface area (TPSA) is 101 Å². The van der Waals surface area contributed by atoms with Crippen molar-refractivity contribution in [1.82, 2.24) is 10.2 Å². The van der Waals surface area contributed by atoms with E-state index in [1.54, 1.807) is 13.0 Å². The molecular weight excluding hydrogens is 282 g/mol. The lowest BCUT2D eigenvalue weighted by atomic mass is 10.1. The van der Waals surface area contributed by atoms with Crippen LogP contribution in [-0.4, -0.2) is 31.7 Å². The number of benzene rings is 1. The summed E-state index contributed by atoms with van der Waals surface area (Å²) in [6.45, 7) is 1.69. The van der Waals surface area contributed by atoms with Gasteiger partial charge in [0, 0.05) is 6.20 Å². The highest BCUT2D eigenvalue weighted by Crippen LogP contribution is 2.20. The van der Waals surface area contributed by atoms with E-state index in [1.165, 1.54) is 31.6 Å². The smallest absolute Gasteiger partial charge is 0.337 e. The van der Waals surface area contributed by atoms with E-state index in [4.69, 9.17) is 0 Å². The lowest BCUT2D eigenvalue weighted by Gasteiger charge is -2.10. The van der Waals surface area contributed by atoms with Crippen LogP contribution in [0.25, 0.3) is 0 Å². The third-order valence-corrected chi connectivity index (χ3v) is 4.01. The summed E-state index contributed by atoms with van der Waals surface area (Å²) in [7, 11) is -2.41. The number of esters is 1. The van der Waals surface area contributed by atoms with E-state index in [0.717, 1.165) is 0 Å². The van der Waals surface area contributed by atoms with Crippen LogP contribution in [0.5, 0.6) is 0 Å². The van der Waals surface area contributed by atoms with Crippen molar-refractivity contribution < 1.29 is 17.9 Å². The summed E-state index contributed by atoms with van der Waals surface area (Å²) in [5, 5.41) is 6.03. The van der Waals surface area contributed by atoms with Crippen LogP contribution in [0.1, 0.15) is 15.9 Å². The van der Waals surface area contributed by atoms with Gasteiger partial charge in [-0.15, -0.1) is 0 Å². The zero-order valence-corrected chi connectivity index (χ0v) is 11.7. The van der Waals surface area contributed by atoms with E-state index < -0.39 is 16.0 Å². The summed E-state index contributed by atoms with van der Waals surface area (Å²) in [6.07, 6.45) is 2.49. The number of carbonyl (C=O) groups excluding carboxylic acids is 1. The average molecular weight is 295 g/mol. The Morgan fingerprint density at radius 1 is 1.40 bits per heavy atom. The molecule has 2 N–H and O–H groups in total. The second kappa shape index (κ2) is 5.33. The third kappa shape index (κ3) is 2.80. The van der Waals surface area contributed by atoms with Gasteiger partial charge in [-0.25, -0.2) is 13.2 Å². The van der Waals surface area contributed by atoms with Crippen molar-refractivity contribution in [2.24, 2.45) is 0 Å². The molecule has 0 spiro atoms. The summed E-state index contributed by atoms with van der Waals surface area (Å²) in [6, 6.07) is 4.56. The minimum absolute atomic E-state index is 0.0361. The molecule has 0 unspecified atom stereocenters. The molecule has 7 nitrogen and oxygen atoms in total. The molecule has 0 aliphatic carbocycles. The van der Waals surface area contributed by atoms with Crippen molar-refractivity contribution in [3.8, 4) is 0 Å². The van der Waals surface area contributed by atoms with Crippen molar-refractivity contribution in [3.05, 3.63) is 41.7 Å². The lowest BCUT2D eigenvalue weighted by Crippen LogP contribution is -2.13. The van der Waals surface area contributed by atoms with Gasteiger partial charge in [0.2, 0.25) is 0 Å². The van der Waals surface area contributed by atoms with Crippen LogP contribution < -0.4 is 4.72 Å². The van der Waals surface area contributed by atoms with E-state index in [-0.39, 0.29) is 4.90 Å². The normalized spacial score (nSPS) is 11.1. The van der Waals surface area contributed by atoms with Crippen LogP contribution in [0.2, 0.25) is 0 Å². The summed E-state index contributed by atoms with van der Waals surface area (Å²) in [5.74, 6) is -0.475. The van der Waals surface area contributed by atoms with E-state index in [2.05, 4.69) is 19.7 Å². The number of sulfonamides is 1. The first kappa shape index (κ1) is 14.1. The number of aromatic nitrogens is 2. The number of hydrogen-bond donors (Lipinski definition) is 2. The molecule has 0 aliphatic rings. The third-order valence-electron chi connectivity index (χ3n) is 2.68. The van der Waals surface area contributed by atoms with Crippen LogP contribution in [0, 0.1) is 6.92 Å². The minimum atomic E-state index is -3.69. The van der Waals surface area contributed by atoms with Crippen LogP contribution in [0.15, 0.2) is 35.5 Å². The zero-order valence-electron chi connectivity index (χ0n) is 10.9. The van der Waals surface area contributed by atoms with Gasteiger partial charge in [-0.05, 0) is 30.7 Å². The Morgan fingerprint density at radius 3 is 2.70 bits per heavy atom. The maximum absolute atomic E-state index is 12.0. The summed E-state index contributed by atoms with van der Waals surface area (Å²) in [5.41, 5.74) is 1.36. The number of aryl methyl sites for hydroxylation is 1. The predicted octanol–water partition coefficient (Wildman–Crippen LogP) is 1.31. The van der Waals surface area contributed by atoms with Gasteiger partial charge in [0.25, 0.3) is 10.0 Å². The lowest BCUT2D eigenvalue weighted by molar-refractivity contribution is 0.0600. The number of ether oxygens (including phenoxy) is 1. The zero-order chi connectivity index (χ0) is 14.8. The van der Waals surface area contributed by atoms with Gasteiger partial charge < -0.3 is 4.74 Å². The van der Waals surface area contributed by atoms with Crippen molar-refractivity contribution in [2.45, 2.75) is 11.8 Å². The van der Waals surface area contributed by atoms with Gasteiger partial charge in [-0.1, -0.05) is 0 Å². The number of carbonyl (C=O) groups is 1. The molecule has 0 radical (unpaired) electrons. The number of nitrogens with zero attached hydrogens (tertiary/aromatic N) is 1. The number of H-pyrrole nitrogens is 1. The first-order chi connectivity index (χ1) is 9.44. The second-order valence-electron chi connectivity index (χ2n) is 4.06. The molecule has 8 heteroatoms. The number of nitrogens with one attached hydrogen (secondary N) is 2. The van der Waals surface area contributed by atoms with Crippen LogP contribution in [-0.2, 0) is 14.8 Å². The van der Waals surface area contributed by atoms with Crippen molar-refractivity contribution in [3.63, 3.8) is 0 Å². The van der Waals surface area contributed by atoms with E-state index in [1.807, 2.05) is 0 Å². The molecule has 1 aromatic heterocycles. The second-order valence-corrected chi connectivity index (χ2v) is 5.74. The molecule has 0 saturated carbocycles. The highest BCUT2D eigenvalue weighted by Gasteiger charge is 2.17. The Morgan fingerprint density at radius 2 is 2.15 bits per heavy atom. The molecule has 0 saturated heterocycles. The monoisotopic (exact) mass is 295 g/mol. The minimum Gasteiger partial charge on any atom is -0.465 e. The fraction of sp³-hybridized carbons (Fsp3) is 0.167. The number of rotatable bonds is 4. The first-order valence-electron chi connectivity index (χ1n) is 5.64. The standard InChI is InChI=1S/C12H13N3O4S/c1-8-5-9(12(16)19-2)3-4-11(8)15-20(17,18)10-6-13-14-7-10/h3-7,15H,1-2H3,(H,13,14). The molecule has 2 rings (SSSR count). The van der Waals surface area contributed by atoms with E-state index in [9.17, 15) is 13.2 Å². The fourth-order valence-electron chi connectivity index (χ4n) is 1.61. The molecule has 1 aromatic carbocycles. The maximum Gasteiger partial charge on any atom is 0.337 e. The van der Waals surface area contributed by atoms with Gasteiger partial charge in [-0.3, -0.25) is 9.82 Å². The number of aromatic amines is 1. The van der Waals surface area contributed by atoms with Gasteiger partial charge in [0.15, 0.2) is 0 Å². The predicted molar refractivity (Wildman–Crippen MR) is 71.9 cm³/mol. The van der Waals surface area contributed by atoms with Crippen LogP contribution in [0.3, 0.4) is 0 Å². The molecule has 2 aromatic rings. The average Bonchev–Trinajstić information content (AvgIpc) is 2.95. The van der Waals surface area contributed by atoms with Gasteiger partial charge in [-0.2, -0.15) is 5.10 Å². The summed E-state index contributed by atoms with van der Waals surface area (Å²) >= 11 is 0. The van der Waals surface area contributed by atoms with E-state index in [0.29, 0.717) is 16.8 Å². The Hall–Kier alpha value is -2.35. The van der Waals surface area contributed by atoms with Crippen molar-refractivity contribution >= 4 is 21.7 Å². The SMILES string of the molecule is COC(=O)c1ccc(NS(=O)(=O)c2cn[nH]c2)c(C)c1. The largest absolute Gasteiger partial charge is 0.465 e. The van der Waals surface area contributed by atoms with Gasteiger partial charge >= 0.3 is 5.97 Å². The number of methoxy groups -OCH3 is 1. The Labute approximate surface area is 116 Å². The quantitative estimate of drug-likeness (QED) is 0.828. The van der Waals surface area contributed by atoms with Crippen LogP contribution in [0.4, 0.5) is 5.69 Å². The molecule has 20 heavy (non-hydrogen) atoms. The highest BCUT2D eigenvalue weighted by atomic mass is 32.2. The fourth-order valence-corrected chi connectivity index (χ4v) is 2.65. The molecule has 106 valence electrons. The van der Waals surface area contributed by atoms with Gasteiger partial charge in [0.1, 0.15) is 4.90 Å². The molecule has 0 fully saturated rings. The Kier molecular flexibility index (Phi) is 3.75. The number of anilines is 1. The molecule has 0 amide bonds. The molecular formula is C12H13N3O4S. The van der Waals surface area contributed by atoms with Gasteiger partial charge in [0.05, 0.1) is 24.6 Å². The van der Waals surface area contributed by atoms with Crippen LogP contribution >= 0.6 is 0 Å². The first-order valence-corrected chi connectivity index (χ1v) is 7.13. The number of hydrogen-bond acceptors (Lipinski definition) is 5. The molecule has 0 aliphatic heterocycles. The summed E-state index contributed by atoms with van der Waals surface area (Å²) < 4.78 is 31.1. The molecule has 0 atom stereocenters. The van der Waals surface area contributed by atoms with Crippen molar-refractivity contribution in [1.29, 1.82) is 0 Å². The Bertz CT molecular complexity index is 723. The Balaban J connectivity index is 2.29. The molecule has 0 bridgehead atoms. The highest BCUT2D eigenvalue weighted by molar-refractivity contribution is 7.92. The molecule has 1 heterocycles. The maximum atomic E-state index is 12.0.